The summed E-state index contributed by atoms with van der Waals surface area (Å²) in [5.74, 6) is 0.707. The van der Waals surface area contributed by atoms with Crippen LogP contribution in [0.4, 0.5) is 6.01 Å². The highest BCUT2D eigenvalue weighted by Crippen LogP contribution is 2.22. The third-order valence-corrected chi connectivity index (χ3v) is 2.97. The monoisotopic (exact) mass is 297 g/mol. The van der Waals surface area contributed by atoms with Gasteiger partial charge in [0.15, 0.2) is 5.58 Å². The van der Waals surface area contributed by atoms with Crippen LogP contribution in [-0.4, -0.2) is 22.9 Å². The van der Waals surface area contributed by atoms with Crippen molar-refractivity contribution in [3.63, 3.8) is 0 Å². The third kappa shape index (κ3) is 3.01. The molecule has 0 amide bonds. The van der Waals surface area contributed by atoms with Crippen LogP contribution in [0.15, 0.2) is 52.0 Å². The lowest BCUT2D eigenvalue weighted by Gasteiger charge is -2.04. The molecule has 0 spiro atoms. The molecule has 6 heteroatoms. The van der Waals surface area contributed by atoms with Gasteiger partial charge in [-0.15, -0.1) is 0 Å². The number of fused-ring (bicyclic) bond motifs is 1. The molecule has 0 atom stereocenters. The standard InChI is InChI=1S/C16H15N3O3/c1-2-21-12-8-7-11(14(20)9-12)10-17-19-16-18-13-5-3-4-6-15(13)22-16/h3-10,20H,2H2,1H3,(H,18,19). The lowest BCUT2D eigenvalue weighted by Crippen LogP contribution is -1.93. The predicted octanol–water partition coefficient (Wildman–Crippen LogP) is 3.38. The largest absolute Gasteiger partial charge is 0.507 e. The van der Waals surface area contributed by atoms with Gasteiger partial charge in [-0.2, -0.15) is 10.1 Å². The lowest BCUT2D eigenvalue weighted by atomic mass is 10.2. The number of rotatable bonds is 5. The normalized spacial score (nSPS) is 11.1. The fraction of sp³-hybridized carbons (Fsp3) is 0.125. The number of hydrazone groups is 1. The Kier molecular flexibility index (Phi) is 3.91. The van der Waals surface area contributed by atoms with Crippen molar-refractivity contribution in [2.24, 2.45) is 5.10 Å². The van der Waals surface area contributed by atoms with Gasteiger partial charge in [0.05, 0.1) is 12.8 Å². The van der Waals surface area contributed by atoms with Crippen LogP contribution in [0.3, 0.4) is 0 Å². The molecule has 0 aliphatic carbocycles. The molecule has 0 saturated carbocycles. The summed E-state index contributed by atoms with van der Waals surface area (Å²) in [6.07, 6.45) is 1.49. The molecule has 112 valence electrons. The summed E-state index contributed by atoms with van der Waals surface area (Å²) in [5, 5.41) is 13.9. The molecule has 6 nitrogen and oxygen atoms in total. The Balaban J connectivity index is 1.71. The van der Waals surface area contributed by atoms with Crippen molar-refractivity contribution in [3.8, 4) is 11.5 Å². The predicted molar refractivity (Wildman–Crippen MR) is 84.5 cm³/mol. The van der Waals surface area contributed by atoms with E-state index in [0.717, 1.165) is 5.52 Å². The van der Waals surface area contributed by atoms with Gasteiger partial charge in [-0.25, -0.2) is 5.43 Å². The fourth-order valence-electron chi connectivity index (χ4n) is 1.97. The van der Waals surface area contributed by atoms with E-state index in [0.29, 0.717) is 29.5 Å². The molecular weight excluding hydrogens is 282 g/mol. The SMILES string of the molecule is CCOc1ccc(C=NNc2nc3ccccc3o2)c(O)c1. The first-order valence-electron chi connectivity index (χ1n) is 6.86. The van der Waals surface area contributed by atoms with Crippen LogP contribution in [0, 0.1) is 0 Å². The first-order valence-corrected chi connectivity index (χ1v) is 6.86. The zero-order valence-corrected chi connectivity index (χ0v) is 12.0. The second kappa shape index (κ2) is 6.17. The molecule has 0 bridgehead atoms. The summed E-state index contributed by atoms with van der Waals surface area (Å²) in [7, 11) is 0. The summed E-state index contributed by atoms with van der Waals surface area (Å²) >= 11 is 0. The summed E-state index contributed by atoms with van der Waals surface area (Å²) in [6, 6.07) is 12.8. The molecule has 0 radical (unpaired) electrons. The molecule has 0 saturated heterocycles. The number of benzene rings is 2. The van der Waals surface area contributed by atoms with Crippen molar-refractivity contribution in [2.75, 3.05) is 12.0 Å². The Labute approximate surface area is 127 Å². The number of hydrogen-bond donors (Lipinski definition) is 2. The van der Waals surface area contributed by atoms with Crippen LogP contribution in [0.2, 0.25) is 0 Å². The molecule has 0 aliphatic heterocycles. The van der Waals surface area contributed by atoms with Gasteiger partial charge < -0.3 is 14.3 Å². The highest BCUT2D eigenvalue weighted by Gasteiger charge is 2.04. The van der Waals surface area contributed by atoms with E-state index >= 15 is 0 Å². The van der Waals surface area contributed by atoms with Crippen LogP contribution < -0.4 is 10.2 Å². The highest BCUT2D eigenvalue weighted by atomic mass is 16.5. The lowest BCUT2D eigenvalue weighted by molar-refractivity contribution is 0.337. The van der Waals surface area contributed by atoms with Gasteiger partial charge in [0.1, 0.15) is 17.0 Å². The number of oxazole rings is 1. The van der Waals surface area contributed by atoms with Crippen molar-refractivity contribution in [3.05, 3.63) is 48.0 Å². The molecular formula is C16H15N3O3. The van der Waals surface area contributed by atoms with E-state index in [4.69, 9.17) is 9.15 Å². The van der Waals surface area contributed by atoms with E-state index < -0.39 is 0 Å². The van der Waals surface area contributed by atoms with Gasteiger partial charge in [0.25, 0.3) is 0 Å². The number of nitrogens with one attached hydrogen (secondary N) is 1. The average molecular weight is 297 g/mol. The molecule has 1 aromatic heterocycles. The molecule has 3 rings (SSSR count). The molecule has 22 heavy (non-hydrogen) atoms. The minimum absolute atomic E-state index is 0.0917. The van der Waals surface area contributed by atoms with Crippen LogP contribution in [-0.2, 0) is 0 Å². The second-order valence-electron chi connectivity index (χ2n) is 4.51. The molecule has 1 heterocycles. The summed E-state index contributed by atoms with van der Waals surface area (Å²) in [4.78, 5) is 4.23. The van der Waals surface area contributed by atoms with Crippen molar-refractivity contribution in [2.45, 2.75) is 6.92 Å². The van der Waals surface area contributed by atoms with Gasteiger partial charge in [-0.3, -0.25) is 0 Å². The number of anilines is 1. The van der Waals surface area contributed by atoms with E-state index in [1.807, 2.05) is 31.2 Å². The van der Waals surface area contributed by atoms with Crippen LogP contribution in [0.5, 0.6) is 11.5 Å². The summed E-state index contributed by atoms with van der Waals surface area (Å²) in [5.41, 5.74) is 4.70. The van der Waals surface area contributed by atoms with Crippen LogP contribution in [0.25, 0.3) is 11.1 Å². The third-order valence-electron chi connectivity index (χ3n) is 2.97. The minimum atomic E-state index is 0.0917. The van der Waals surface area contributed by atoms with Gasteiger partial charge >= 0.3 is 6.01 Å². The van der Waals surface area contributed by atoms with Crippen molar-refractivity contribution < 1.29 is 14.3 Å². The Bertz CT molecular complexity index is 778. The average Bonchev–Trinajstić information content (AvgIpc) is 2.92. The topological polar surface area (TPSA) is 79.9 Å². The molecule has 3 aromatic rings. The Morgan fingerprint density at radius 2 is 2.18 bits per heavy atom. The van der Waals surface area contributed by atoms with Gasteiger partial charge in [-0.1, -0.05) is 12.1 Å². The van der Waals surface area contributed by atoms with Crippen LogP contribution in [0.1, 0.15) is 12.5 Å². The maximum Gasteiger partial charge on any atom is 0.316 e. The van der Waals surface area contributed by atoms with E-state index in [1.54, 1.807) is 18.2 Å². The Morgan fingerprint density at radius 3 is 2.95 bits per heavy atom. The molecule has 2 N–H and O–H groups in total. The molecule has 0 fully saturated rings. The van der Waals surface area contributed by atoms with E-state index in [9.17, 15) is 5.11 Å². The summed E-state index contributed by atoms with van der Waals surface area (Å²) in [6.45, 7) is 2.43. The zero-order chi connectivity index (χ0) is 15.4. The van der Waals surface area contributed by atoms with Gasteiger partial charge in [0.2, 0.25) is 0 Å². The second-order valence-corrected chi connectivity index (χ2v) is 4.51. The van der Waals surface area contributed by atoms with E-state index in [2.05, 4.69) is 15.5 Å². The number of phenols is 1. The number of aromatic nitrogens is 1. The molecule has 0 aliphatic rings. The number of para-hydroxylation sites is 2. The maximum absolute atomic E-state index is 9.89. The number of ether oxygens (including phenoxy) is 1. The number of nitrogens with zero attached hydrogens (tertiary/aromatic N) is 2. The Morgan fingerprint density at radius 1 is 1.32 bits per heavy atom. The van der Waals surface area contributed by atoms with Gasteiger partial charge in [0, 0.05) is 11.6 Å². The van der Waals surface area contributed by atoms with E-state index in [-0.39, 0.29) is 5.75 Å². The van der Waals surface area contributed by atoms with Crippen molar-refractivity contribution >= 4 is 23.3 Å². The highest BCUT2D eigenvalue weighted by molar-refractivity contribution is 5.84. The number of hydrogen-bond acceptors (Lipinski definition) is 6. The van der Waals surface area contributed by atoms with E-state index in [1.165, 1.54) is 6.21 Å². The summed E-state index contributed by atoms with van der Waals surface area (Å²) < 4.78 is 10.8. The van der Waals surface area contributed by atoms with Crippen molar-refractivity contribution in [1.82, 2.24) is 4.98 Å². The Hall–Kier alpha value is -3.02. The first kappa shape index (κ1) is 13.9. The van der Waals surface area contributed by atoms with Crippen LogP contribution >= 0.6 is 0 Å². The molecule has 0 unspecified atom stereocenters. The fourth-order valence-corrected chi connectivity index (χ4v) is 1.97. The van der Waals surface area contributed by atoms with Crippen molar-refractivity contribution in [1.29, 1.82) is 0 Å². The molecule has 2 aromatic carbocycles. The number of aromatic hydroxyl groups is 1. The minimum Gasteiger partial charge on any atom is -0.507 e. The smallest absolute Gasteiger partial charge is 0.316 e. The van der Waals surface area contributed by atoms with Gasteiger partial charge in [-0.05, 0) is 31.2 Å². The maximum atomic E-state index is 9.89. The zero-order valence-electron chi connectivity index (χ0n) is 12.0. The quantitative estimate of drug-likeness (QED) is 0.557. The first-order chi connectivity index (χ1) is 10.8. The number of phenolic OH excluding ortho intramolecular Hbond substituents is 1.